The number of esters is 2. The molecule has 1 fully saturated rings. The summed E-state index contributed by atoms with van der Waals surface area (Å²) >= 11 is 0. The summed E-state index contributed by atoms with van der Waals surface area (Å²) in [5.74, 6) is -1.31. The fourth-order valence-electron chi connectivity index (χ4n) is 6.75. The molecule has 8 atom stereocenters. The van der Waals surface area contributed by atoms with Crippen LogP contribution in [0.3, 0.4) is 0 Å². The van der Waals surface area contributed by atoms with Crippen LogP contribution in [-0.4, -0.2) is 108 Å². The van der Waals surface area contributed by atoms with Gasteiger partial charge in [-0.1, -0.05) is 129 Å². The van der Waals surface area contributed by atoms with Crippen molar-refractivity contribution in [2.24, 2.45) is 0 Å². The van der Waals surface area contributed by atoms with Gasteiger partial charge in [0, 0.05) is 12.8 Å². The fraction of sp³-hybridized carbons (Fsp3) is 0.897. The lowest BCUT2D eigenvalue weighted by atomic mass is 9.85. The highest BCUT2D eigenvalue weighted by atomic mass is 31.2. The lowest BCUT2D eigenvalue weighted by molar-refractivity contribution is -0.213. The number of aliphatic hydroxyl groups is 3. The Labute approximate surface area is 361 Å². The molecule has 61 heavy (non-hydrogen) atoms. The predicted molar refractivity (Wildman–Crippen MR) is 225 cm³/mol. The molecule has 0 aromatic carbocycles. The molecule has 0 amide bonds. The Bertz CT molecular complexity index is 1360. The summed E-state index contributed by atoms with van der Waals surface area (Å²) < 4.78 is 65.2. The van der Waals surface area contributed by atoms with E-state index in [1.165, 1.54) is 70.6 Å². The molecule has 1 rings (SSSR count). The van der Waals surface area contributed by atoms with Gasteiger partial charge in [0.05, 0.1) is 6.61 Å². The van der Waals surface area contributed by atoms with Gasteiger partial charge >= 0.3 is 35.4 Å². The van der Waals surface area contributed by atoms with Crippen molar-refractivity contribution in [2.75, 3.05) is 13.2 Å². The summed E-state index contributed by atoms with van der Waals surface area (Å²) in [7, 11) is -16.6. The zero-order valence-electron chi connectivity index (χ0n) is 36.0. The van der Waals surface area contributed by atoms with Crippen LogP contribution in [0.25, 0.3) is 0 Å². The van der Waals surface area contributed by atoms with Crippen molar-refractivity contribution in [1.82, 2.24) is 0 Å². The second-order valence-electron chi connectivity index (χ2n) is 15.6. The van der Waals surface area contributed by atoms with E-state index >= 15 is 0 Å². The molecular formula is C39H75O19P3. The van der Waals surface area contributed by atoms with E-state index in [0.29, 0.717) is 12.8 Å². The number of hydrogen-bond acceptors (Lipinski definition) is 14. The Balaban J connectivity index is 2.80. The van der Waals surface area contributed by atoms with E-state index in [2.05, 4.69) is 35.0 Å². The molecule has 1 unspecified atom stereocenters. The number of allylic oxidation sites excluding steroid dienone is 2. The van der Waals surface area contributed by atoms with Gasteiger partial charge in [0.2, 0.25) is 0 Å². The number of unbranched alkanes of at least 4 members (excludes halogenated alkanes) is 19. The minimum absolute atomic E-state index is 0.0127. The highest BCUT2D eigenvalue weighted by Crippen LogP contribution is 2.51. The SMILES string of the molecule is CCCCCCC/C=C/CCCCCCC(=O)O[C@@H](COC(=O)CCCCCCCCCCCCC)COP(=O)(O)O[C@@H]1[C@H](O)[C@H](O)[C@@H](OP(=O)(O)O)[C@H](OP(=O)(O)O)[C@H]1O. The third kappa shape index (κ3) is 29.1. The first-order valence-corrected chi connectivity index (χ1v) is 26.5. The second kappa shape index (κ2) is 32.5. The van der Waals surface area contributed by atoms with Crippen LogP contribution in [0.4, 0.5) is 0 Å². The molecule has 0 aliphatic heterocycles. The third-order valence-corrected chi connectivity index (χ3v) is 12.1. The molecule has 360 valence electrons. The van der Waals surface area contributed by atoms with E-state index < -0.39 is 91.3 Å². The molecule has 1 aliphatic rings. The molecule has 1 saturated carbocycles. The molecule has 0 aromatic heterocycles. The average Bonchev–Trinajstić information content (AvgIpc) is 3.18. The number of carbonyl (C=O) groups is 2. The summed E-state index contributed by atoms with van der Waals surface area (Å²) in [6, 6.07) is 0. The van der Waals surface area contributed by atoms with Crippen LogP contribution < -0.4 is 0 Å². The maximum absolute atomic E-state index is 13.1. The summed E-state index contributed by atoms with van der Waals surface area (Å²) in [5, 5.41) is 31.8. The van der Waals surface area contributed by atoms with Crippen LogP contribution in [0.5, 0.6) is 0 Å². The first-order chi connectivity index (χ1) is 28.8. The minimum atomic E-state index is -5.59. The van der Waals surface area contributed by atoms with Gasteiger partial charge in [-0.15, -0.1) is 0 Å². The lowest BCUT2D eigenvalue weighted by Crippen LogP contribution is -2.65. The standard InChI is InChI=1S/C39H75O19P3/c1-3-5-7-9-11-13-15-16-18-20-22-24-26-28-33(41)55-31(29-53-32(40)27-25-23-21-19-17-14-12-10-8-6-4-2)30-54-61(51,52)58-37-34(42)35(43)38(56-59(45,46)47)39(36(37)44)57-60(48,49)50/h15-16,31,34-39,42-44H,3-14,17-30H2,1-2H3,(H,51,52)(H2,45,46,47)(H2,48,49,50)/b16-15+/t31-,34+,35-,36-,37+,38+,39+/m0/s1. The molecule has 8 N–H and O–H groups in total. The summed E-state index contributed by atoms with van der Waals surface area (Å²) in [4.78, 5) is 72.9. The molecule has 0 saturated heterocycles. The van der Waals surface area contributed by atoms with Gasteiger partial charge < -0.3 is 49.3 Å². The van der Waals surface area contributed by atoms with Crippen LogP contribution >= 0.6 is 23.5 Å². The number of aliphatic hydroxyl groups excluding tert-OH is 3. The topological polar surface area (TPSA) is 303 Å². The van der Waals surface area contributed by atoms with E-state index in [1.807, 2.05) is 0 Å². The number of ether oxygens (including phenoxy) is 2. The zero-order chi connectivity index (χ0) is 45.7. The van der Waals surface area contributed by atoms with Gasteiger partial charge in [0.25, 0.3) is 0 Å². The van der Waals surface area contributed by atoms with Crippen molar-refractivity contribution in [2.45, 2.75) is 211 Å². The van der Waals surface area contributed by atoms with Gasteiger partial charge in [-0.3, -0.25) is 27.7 Å². The third-order valence-electron chi connectivity index (χ3n) is 10.1. The van der Waals surface area contributed by atoms with E-state index in [4.69, 9.17) is 18.5 Å². The van der Waals surface area contributed by atoms with Gasteiger partial charge in [-0.25, -0.2) is 13.7 Å². The molecule has 22 heteroatoms. The van der Waals surface area contributed by atoms with E-state index in [9.17, 15) is 63.1 Å². The number of rotatable bonds is 37. The Morgan fingerprint density at radius 3 is 1.36 bits per heavy atom. The monoisotopic (exact) mass is 940 g/mol. The molecule has 19 nitrogen and oxygen atoms in total. The smallest absolute Gasteiger partial charge is 0.462 e. The van der Waals surface area contributed by atoms with Crippen LogP contribution in [0, 0.1) is 0 Å². The number of phosphoric ester groups is 3. The highest BCUT2D eigenvalue weighted by Gasteiger charge is 2.56. The van der Waals surface area contributed by atoms with E-state index in [0.717, 1.165) is 57.8 Å². The first kappa shape index (κ1) is 57.9. The normalized spacial score (nSPS) is 22.6. The fourth-order valence-corrected chi connectivity index (χ4v) is 8.85. The highest BCUT2D eigenvalue weighted by molar-refractivity contribution is 7.47. The van der Waals surface area contributed by atoms with E-state index in [-0.39, 0.29) is 12.8 Å². The van der Waals surface area contributed by atoms with Crippen molar-refractivity contribution < 1.29 is 90.6 Å². The van der Waals surface area contributed by atoms with Crippen LogP contribution in [0.1, 0.15) is 168 Å². The van der Waals surface area contributed by atoms with Crippen LogP contribution in [0.2, 0.25) is 0 Å². The van der Waals surface area contributed by atoms with Crippen LogP contribution in [0.15, 0.2) is 12.2 Å². The molecular weight excluding hydrogens is 865 g/mol. The predicted octanol–water partition coefficient (Wildman–Crippen LogP) is 6.95. The second-order valence-corrected chi connectivity index (χ2v) is 19.4. The van der Waals surface area contributed by atoms with Gasteiger partial charge in [-0.05, 0) is 38.5 Å². The molecule has 0 radical (unpaired) electrons. The summed E-state index contributed by atoms with van der Waals surface area (Å²) in [6.45, 7) is 2.89. The van der Waals surface area contributed by atoms with Crippen LogP contribution in [-0.2, 0) is 50.9 Å². The molecule has 1 aliphatic carbocycles. The summed E-state index contributed by atoms with van der Waals surface area (Å²) in [5.41, 5.74) is 0. The van der Waals surface area contributed by atoms with Gasteiger partial charge in [0.1, 0.15) is 43.2 Å². The maximum atomic E-state index is 13.1. The van der Waals surface area contributed by atoms with Gasteiger partial charge in [0.15, 0.2) is 6.10 Å². The largest absolute Gasteiger partial charge is 0.472 e. The molecule has 0 bridgehead atoms. The zero-order valence-corrected chi connectivity index (χ0v) is 38.7. The average molecular weight is 941 g/mol. The van der Waals surface area contributed by atoms with Crippen molar-refractivity contribution in [3.63, 3.8) is 0 Å². The first-order valence-electron chi connectivity index (χ1n) is 22.0. The van der Waals surface area contributed by atoms with Crippen molar-refractivity contribution in [3.8, 4) is 0 Å². The minimum Gasteiger partial charge on any atom is -0.462 e. The lowest BCUT2D eigenvalue weighted by Gasteiger charge is -2.44. The maximum Gasteiger partial charge on any atom is 0.472 e. The van der Waals surface area contributed by atoms with Crippen molar-refractivity contribution >= 4 is 35.4 Å². The number of phosphoric acid groups is 3. The Kier molecular flexibility index (Phi) is 30.9. The number of hydrogen-bond donors (Lipinski definition) is 8. The van der Waals surface area contributed by atoms with E-state index in [1.54, 1.807) is 0 Å². The van der Waals surface area contributed by atoms with Crippen molar-refractivity contribution in [1.29, 1.82) is 0 Å². The van der Waals surface area contributed by atoms with Gasteiger partial charge in [-0.2, -0.15) is 0 Å². The molecule has 0 heterocycles. The Hall–Kier alpha value is -1.11. The summed E-state index contributed by atoms with van der Waals surface area (Å²) in [6.07, 6.45) is 11.2. The Morgan fingerprint density at radius 2 is 0.902 bits per heavy atom. The molecule has 0 aromatic rings. The Morgan fingerprint density at radius 1 is 0.508 bits per heavy atom. The van der Waals surface area contributed by atoms with Crippen molar-refractivity contribution in [3.05, 3.63) is 12.2 Å². The quantitative estimate of drug-likeness (QED) is 0.0135. The molecule has 0 spiro atoms. The number of carbonyl (C=O) groups excluding carboxylic acids is 2.